The van der Waals surface area contributed by atoms with Gasteiger partial charge in [-0.3, -0.25) is 9.36 Å². The van der Waals surface area contributed by atoms with Crippen molar-refractivity contribution in [3.8, 4) is 5.69 Å². The van der Waals surface area contributed by atoms with Gasteiger partial charge in [0.05, 0.1) is 23.0 Å². The van der Waals surface area contributed by atoms with Crippen molar-refractivity contribution < 1.29 is 4.79 Å². The molecule has 4 rings (SSSR count). The van der Waals surface area contributed by atoms with E-state index in [4.69, 9.17) is 4.98 Å². The lowest BCUT2D eigenvalue weighted by atomic mass is 10.3. The number of rotatable bonds is 6. The van der Waals surface area contributed by atoms with Gasteiger partial charge in [-0.05, 0) is 38.1 Å². The standard InChI is InChI=1S/C21H21N5OS/c1-15(2)26-19(12-13-22-26)24-20(27)14-28-21-23-17-10-6-7-11-18(17)25(21)16-8-4-3-5-9-16/h3-13,15H,14H2,1-2H3,(H,24,27). The highest BCUT2D eigenvalue weighted by Gasteiger charge is 2.15. The van der Waals surface area contributed by atoms with Gasteiger partial charge in [0.2, 0.25) is 5.91 Å². The van der Waals surface area contributed by atoms with E-state index in [1.165, 1.54) is 11.8 Å². The Labute approximate surface area is 167 Å². The number of thioether (sulfide) groups is 1. The molecule has 0 spiro atoms. The van der Waals surface area contributed by atoms with Gasteiger partial charge in [0.25, 0.3) is 0 Å². The molecule has 7 heteroatoms. The molecular formula is C21H21N5OS. The number of hydrogen-bond acceptors (Lipinski definition) is 4. The number of aromatic nitrogens is 4. The first-order valence-corrected chi connectivity index (χ1v) is 10.1. The van der Waals surface area contributed by atoms with Gasteiger partial charge in [-0.15, -0.1) is 0 Å². The molecule has 28 heavy (non-hydrogen) atoms. The molecule has 0 unspecified atom stereocenters. The molecule has 2 aromatic heterocycles. The van der Waals surface area contributed by atoms with E-state index >= 15 is 0 Å². The Hall–Kier alpha value is -3.06. The molecule has 0 radical (unpaired) electrons. The minimum atomic E-state index is -0.0842. The molecule has 0 aliphatic heterocycles. The normalized spacial score (nSPS) is 11.2. The molecule has 1 amide bonds. The number of amides is 1. The molecule has 1 N–H and O–H groups in total. The molecule has 0 fully saturated rings. The predicted octanol–water partition coefficient (Wildman–Crippen LogP) is 4.53. The molecule has 2 aromatic carbocycles. The largest absolute Gasteiger partial charge is 0.310 e. The van der Waals surface area contributed by atoms with Crippen molar-refractivity contribution in [3.05, 3.63) is 66.9 Å². The van der Waals surface area contributed by atoms with Crippen molar-refractivity contribution in [3.63, 3.8) is 0 Å². The summed E-state index contributed by atoms with van der Waals surface area (Å²) >= 11 is 1.42. The molecule has 0 atom stereocenters. The molecule has 2 heterocycles. The minimum Gasteiger partial charge on any atom is -0.310 e. The summed E-state index contributed by atoms with van der Waals surface area (Å²) in [6.07, 6.45) is 1.69. The number of carbonyl (C=O) groups is 1. The number of carbonyl (C=O) groups excluding carboxylic acids is 1. The average molecular weight is 392 g/mol. The summed E-state index contributed by atoms with van der Waals surface area (Å²) in [5.41, 5.74) is 2.96. The van der Waals surface area contributed by atoms with Crippen LogP contribution >= 0.6 is 11.8 Å². The van der Waals surface area contributed by atoms with Crippen LogP contribution in [0.4, 0.5) is 5.82 Å². The van der Waals surface area contributed by atoms with E-state index in [9.17, 15) is 4.79 Å². The lowest BCUT2D eigenvalue weighted by Crippen LogP contribution is -2.18. The lowest BCUT2D eigenvalue weighted by molar-refractivity contribution is -0.113. The third-order valence-electron chi connectivity index (χ3n) is 4.30. The summed E-state index contributed by atoms with van der Waals surface area (Å²) in [6.45, 7) is 4.05. The molecule has 6 nitrogen and oxygen atoms in total. The SMILES string of the molecule is CC(C)n1nccc1NC(=O)CSc1nc2ccccc2n1-c1ccccc1. The molecule has 142 valence electrons. The molecule has 0 aliphatic carbocycles. The highest BCUT2D eigenvalue weighted by molar-refractivity contribution is 7.99. The van der Waals surface area contributed by atoms with Crippen LogP contribution in [0, 0.1) is 0 Å². The number of anilines is 1. The molecule has 0 saturated carbocycles. The Morgan fingerprint density at radius 1 is 1.07 bits per heavy atom. The maximum absolute atomic E-state index is 12.5. The van der Waals surface area contributed by atoms with Crippen LogP contribution in [0.2, 0.25) is 0 Å². The summed E-state index contributed by atoms with van der Waals surface area (Å²) in [7, 11) is 0. The van der Waals surface area contributed by atoms with Crippen molar-refractivity contribution in [1.29, 1.82) is 0 Å². The maximum Gasteiger partial charge on any atom is 0.235 e. The van der Waals surface area contributed by atoms with Gasteiger partial charge < -0.3 is 5.32 Å². The van der Waals surface area contributed by atoms with Crippen LogP contribution in [0.15, 0.2) is 72.0 Å². The van der Waals surface area contributed by atoms with E-state index in [1.54, 1.807) is 10.9 Å². The Morgan fingerprint density at radius 3 is 2.61 bits per heavy atom. The van der Waals surface area contributed by atoms with E-state index in [2.05, 4.69) is 15.0 Å². The zero-order valence-corrected chi connectivity index (χ0v) is 16.6. The number of para-hydroxylation sites is 3. The van der Waals surface area contributed by atoms with Crippen molar-refractivity contribution >= 4 is 34.5 Å². The maximum atomic E-state index is 12.5. The van der Waals surface area contributed by atoms with Crippen LogP contribution in [0.5, 0.6) is 0 Å². The predicted molar refractivity (Wildman–Crippen MR) is 113 cm³/mol. The number of nitrogens with zero attached hydrogens (tertiary/aromatic N) is 4. The highest BCUT2D eigenvalue weighted by atomic mass is 32.2. The Kier molecular flexibility index (Phi) is 5.16. The first kappa shape index (κ1) is 18.3. The number of nitrogens with one attached hydrogen (secondary N) is 1. The van der Waals surface area contributed by atoms with E-state index < -0.39 is 0 Å². The fourth-order valence-electron chi connectivity index (χ4n) is 3.06. The summed E-state index contributed by atoms with van der Waals surface area (Å²) in [5.74, 6) is 0.885. The molecular weight excluding hydrogens is 370 g/mol. The molecule has 0 aliphatic rings. The second-order valence-electron chi connectivity index (χ2n) is 6.65. The monoisotopic (exact) mass is 391 g/mol. The van der Waals surface area contributed by atoms with Crippen molar-refractivity contribution in [1.82, 2.24) is 19.3 Å². The van der Waals surface area contributed by atoms with Gasteiger partial charge in [-0.1, -0.05) is 42.1 Å². The number of benzene rings is 2. The van der Waals surface area contributed by atoms with Crippen LogP contribution in [0.25, 0.3) is 16.7 Å². The zero-order chi connectivity index (χ0) is 19.5. The van der Waals surface area contributed by atoms with Gasteiger partial charge in [-0.25, -0.2) is 9.67 Å². The van der Waals surface area contributed by atoms with Gasteiger partial charge in [0.1, 0.15) is 5.82 Å². The highest BCUT2D eigenvalue weighted by Crippen LogP contribution is 2.28. The fourth-order valence-corrected chi connectivity index (χ4v) is 3.89. The lowest BCUT2D eigenvalue weighted by Gasteiger charge is -2.12. The fraction of sp³-hybridized carbons (Fsp3) is 0.190. The molecule has 0 saturated heterocycles. The second kappa shape index (κ2) is 7.90. The van der Waals surface area contributed by atoms with Crippen molar-refractivity contribution in [2.24, 2.45) is 0 Å². The quantitative estimate of drug-likeness (QED) is 0.490. The van der Waals surface area contributed by atoms with E-state index in [-0.39, 0.29) is 17.7 Å². The van der Waals surface area contributed by atoms with Crippen LogP contribution in [-0.2, 0) is 4.79 Å². The summed E-state index contributed by atoms with van der Waals surface area (Å²) < 4.78 is 3.88. The van der Waals surface area contributed by atoms with E-state index in [1.807, 2.05) is 74.5 Å². The Balaban J connectivity index is 1.57. The zero-order valence-electron chi connectivity index (χ0n) is 15.7. The van der Waals surface area contributed by atoms with Gasteiger partial charge in [0, 0.05) is 17.8 Å². The molecule has 0 bridgehead atoms. The number of hydrogen-bond donors (Lipinski definition) is 1. The summed E-state index contributed by atoms with van der Waals surface area (Å²) in [5, 5.41) is 7.98. The minimum absolute atomic E-state index is 0.0842. The Bertz CT molecular complexity index is 1100. The van der Waals surface area contributed by atoms with Crippen LogP contribution < -0.4 is 5.32 Å². The first-order chi connectivity index (χ1) is 13.6. The van der Waals surface area contributed by atoms with E-state index in [0.717, 1.165) is 21.9 Å². The van der Waals surface area contributed by atoms with Crippen LogP contribution in [0.1, 0.15) is 19.9 Å². The number of imidazole rings is 1. The van der Waals surface area contributed by atoms with E-state index in [0.29, 0.717) is 5.82 Å². The second-order valence-corrected chi connectivity index (χ2v) is 7.59. The number of fused-ring (bicyclic) bond motifs is 1. The van der Waals surface area contributed by atoms with Crippen molar-refractivity contribution in [2.45, 2.75) is 25.0 Å². The summed E-state index contributed by atoms with van der Waals surface area (Å²) in [6, 6.07) is 20.1. The molecule has 4 aromatic rings. The van der Waals surface area contributed by atoms with Crippen LogP contribution in [-0.4, -0.2) is 31.0 Å². The first-order valence-electron chi connectivity index (χ1n) is 9.12. The van der Waals surface area contributed by atoms with Crippen molar-refractivity contribution in [2.75, 3.05) is 11.1 Å². The van der Waals surface area contributed by atoms with Gasteiger partial charge in [0.15, 0.2) is 5.16 Å². The average Bonchev–Trinajstić information content (AvgIpc) is 3.31. The third kappa shape index (κ3) is 3.66. The third-order valence-corrected chi connectivity index (χ3v) is 5.24. The smallest absolute Gasteiger partial charge is 0.235 e. The van der Waals surface area contributed by atoms with Gasteiger partial charge in [-0.2, -0.15) is 5.10 Å². The van der Waals surface area contributed by atoms with Gasteiger partial charge >= 0.3 is 0 Å². The summed E-state index contributed by atoms with van der Waals surface area (Å²) in [4.78, 5) is 17.2. The topological polar surface area (TPSA) is 64.7 Å². The van der Waals surface area contributed by atoms with Crippen LogP contribution in [0.3, 0.4) is 0 Å². The Morgan fingerprint density at radius 2 is 1.82 bits per heavy atom.